The third-order valence-corrected chi connectivity index (χ3v) is 6.29. The van der Waals surface area contributed by atoms with Crippen molar-refractivity contribution in [1.82, 2.24) is 19.7 Å². The van der Waals surface area contributed by atoms with Crippen molar-refractivity contribution >= 4 is 33.9 Å². The van der Waals surface area contributed by atoms with Crippen molar-refractivity contribution in [2.45, 2.75) is 18.7 Å². The van der Waals surface area contributed by atoms with E-state index in [2.05, 4.69) is 20.4 Å². The maximum atomic E-state index is 12.8. The average Bonchev–Trinajstić information content (AvgIpc) is 3.24. The predicted molar refractivity (Wildman–Crippen MR) is 127 cm³/mol. The molecular formula is C23H20ClN5O3S. The number of rotatable bonds is 7. The van der Waals surface area contributed by atoms with Crippen LogP contribution < -0.4 is 5.32 Å². The summed E-state index contributed by atoms with van der Waals surface area (Å²) in [5.74, 6) is 0.237. The van der Waals surface area contributed by atoms with Crippen molar-refractivity contribution in [2.75, 3.05) is 5.32 Å². The number of anilines is 1. The molecule has 2 aromatic carbocycles. The van der Waals surface area contributed by atoms with Crippen LogP contribution in [0.3, 0.4) is 0 Å². The fourth-order valence-electron chi connectivity index (χ4n) is 3.33. The molecule has 1 amide bonds. The molecule has 0 spiro atoms. The summed E-state index contributed by atoms with van der Waals surface area (Å²) >= 11 is 6.30. The lowest BCUT2D eigenvalue weighted by Crippen LogP contribution is -2.14. The number of nitrogens with zero attached hydrogens (tertiary/aromatic N) is 4. The summed E-state index contributed by atoms with van der Waals surface area (Å²) in [4.78, 5) is 21.1. The van der Waals surface area contributed by atoms with Crippen LogP contribution in [0.2, 0.25) is 5.02 Å². The fraction of sp³-hybridized carbons (Fsp3) is 0.130. The first-order valence-electron chi connectivity index (χ1n) is 10.0. The van der Waals surface area contributed by atoms with E-state index in [0.717, 1.165) is 0 Å². The number of benzene rings is 2. The number of hydrogen-bond acceptors (Lipinski definition) is 6. The number of pyridine rings is 1. The number of aryl methyl sites for hydroxylation is 1. The molecule has 33 heavy (non-hydrogen) atoms. The van der Waals surface area contributed by atoms with E-state index < -0.39 is 16.0 Å². The van der Waals surface area contributed by atoms with E-state index in [1.807, 2.05) is 18.2 Å². The van der Waals surface area contributed by atoms with Crippen molar-refractivity contribution in [3.8, 4) is 11.3 Å². The Labute approximate surface area is 197 Å². The van der Waals surface area contributed by atoms with E-state index in [0.29, 0.717) is 38.9 Å². The monoisotopic (exact) mass is 481 g/mol. The van der Waals surface area contributed by atoms with Crippen LogP contribution in [0.5, 0.6) is 0 Å². The fourth-order valence-corrected chi connectivity index (χ4v) is 4.26. The van der Waals surface area contributed by atoms with Crippen molar-refractivity contribution < 1.29 is 13.2 Å². The molecule has 4 rings (SSSR count). The van der Waals surface area contributed by atoms with Gasteiger partial charge in [0.15, 0.2) is 0 Å². The standard InChI is InChI=1S/C23H20ClN5O3S/c1-15-26-14-29(28-15)13-22(33(31)32)16-5-7-17(8-6-16)23(30)27-18-9-10-20(24)19(12-18)21-4-2-3-11-25-21/h2-12,14,22,33H,13H2,1H3,(H,27,30). The Bertz CT molecular complexity index is 1350. The first-order valence-corrected chi connectivity index (χ1v) is 11.6. The third kappa shape index (κ3) is 5.44. The number of nitrogens with one attached hydrogen (secondary N) is 1. The van der Waals surface area contributed by atoms with Crippen LogP contribution in [0.1, 0.15) is 27.0 Å². The van der Waals surface area contributed by atoms with E-state index in [9.17, 15) is 13.2 Å². The van der Waals surface area contributed by atoms with Crippen LogP contribution in [0.15, 0.2) is 73.2 Å². The summed E-state index contributed by atoms with van der Waals surface area (Å²) in [6, 6.07) is 17.1. The number of thiol groups is 1. The first kappa shape index (κ1) is 22.6. The number of aromatic nitrogens is 4. The van der Waals surface area contributed by atoms with Crippen molar-refractivity contribution in [2.24, 2.45) is 0 Å². The van der Waals surface area contributed by atoms with Gasteiger partial charge >= 0.3 is 0 Å². The minimum absolute atomic E-state index is 0.145. The van der Waals surface area contributed by atoms with Crippen molar-refractivity contribution in [3.63, 3.8) is 0 Å². The lowest BCUT2D eigenvalue weighted by Gasteiger charge is -2.12. The second-order valence-electron chi connectivity index (χ2n) is 7.30. The van der Waals surface area contributed by atoms with Gasteiger partial charge in [0.2, 0.25) is 0 Å². The average molecular weight is 482 g/mol. The molecule has 0 saturated carbocycles. The number of amides is 1. The van der Waals surface area contributed by atoms with Gasteiger partial charge in [-0.25, -0.2) is 13.4 Å². The van der Waals surface area contributed by atoms with E-state index in [-0.39, 0.29) is 12.5 Å². The molecule has 2 aromatic heterocycles. The van der Waals surface area contributed by atoms with E-state index in [1.54, 1.807) is 55.6 Å². The van der Waals surface area contributed by atoms with Gasteiger partial charge in [0.1, 0.15) is 28.1 Å². The highest BCUT2D eigenvalue weighted by Gasteiger charge is 2.17. The van der Waals surface area contributed by atoms with E-state index in [1.165, 1.54) is 11.0 Å². The van der Waals surface area contributed by atoms with Gasteiger partial charge in [0.25, 0.3) is 5.91 Å². The Morgan fingerprint density at radius 3 is 2.52 bits per heavy atom. The van der Waals surface area contributed by atoms with Crippen LogP contribution in [0.4, 0.5) is 5.69 Å². The van der Waals surface area contributed by atoms with Gasteiger partial charge < -0.3 is 5.32 Å². The molecule has 8 nitrogen and oxygen atoms in total. The molecule has 0 fully saturated rings. The SMILES string of the molecule is Cc1ncn(CC(c2ccc(C(=O)Nc3ccc(Cl)c(-c4ccccn4)c3)cc2)[SH](=O)=O)n1. The van der Waals surface area contributed by atoms with Crippen LogP contribution in [0.25, 0.3) is 11.3 Å². The van der Waals surface area contributed by atoms with Crippen molar-refractivity contribution in [3.05, 3.63) is 95.2 Å². The second kappa shape index (κ2) is 9.93. The van der Waals surface area contributed by atoms with Gasteiger partial charge in [-0.1, -0.05) is 29.8 Å². The predicted octanol–water partition coefficient (Wildman–Crippen LogP) is 3.91. The van der Waals surface area contributed by atoms with Crippen molar-refractivity contribution in [1.29, 1.82) is 0 Å². The molecule has 0 saturated heterocycles. The molecule has 0 aliphatic carbocycles. The molecule has 0 bridgehead atoms. The largest absolute Gasteiger partial charge is 0.322 e. The van der Waals surface area contributed by atoms with Gasteiger partial charge in [-0.2, -0.15) is 5.10 Å². The minimum Gasteiger partial charge on any atom is -0.322 e. The van der Waals surface area contributed by atoms with Gasteiger partial charge in [-0.15, -0.1) is 0 Å². The molecule has 0 radical (unpaired) electrons. The molecule has 1 unspecified atom stereocenters. The summed E-state index contributed by atoms with van der Waals surface area (Å²) in [5.41, 5.74) is 2.93. The van der Waals surface area contributed by atoms with Gasteiger partial charge in [-0.05, 0) is 55.0 Å². The minimum atomic E-state index is -2.76. The topological polar surface area (TPSA) is 107 Å². The molecular weight excluding hydrogens is 462 g/mol. The quantitative estimate of drug-likeness (QED) is 0.387. The molecule has 0 aliphatic rings. The Morgan fingerprint density at radius 2 is 1.88 bits per heavy atom. The van der Waals surface area contributed by atoms with Crippen LogP contribution in [0, 0.1) is 6.92 Å². The lowest BCUT2D eigenvalue weighted by molar-refractivity contribution is 0.102. The Kier molecular flexibility index (Phi) is 6.81. The smallest absolute Gasteiger partial charge is 0.255 e. The lowest BCUT2D eigenvalue weighted by atomic mass is 10.1. The summed E-state index contributed by atoms with van der Waals surface area (Å²) in [7, 11) is -2.76. The zero-order valence-corrected chi connectivity index (χ0v) is 19.2. The number of carbonyl (C=O) groups excluding carboxylic acids is 1. The Hall–Kier alpha value is -3.56. The maximum absolute atomic E-state index is 12.8. The highest BCUT2D eigenvalue weighted by Crippen LogP contribution is 2.29. The molecule has 10 heteroatoms. The third-order valence-electron chi connectivity index (χ3n) is 4.99. The van der Waals surface area contributed by atoms with Crippen LogP contribution >= 0.6 is 11.6 Å². The first-order chi connectivity index (χ1) is 15.9. The van der Waals surface area contributed by atoms with Crippen LogP contribution in [-0.2, 0) is 17.2 Å². The van der Waals surface area contributed by atoms with Gasteiger partial charge in [-0.3, -0.25) is 14.5 Å². The van der Waals surface area contributed by atoms with Crippen LogP contribution in [-0.4, -0.2) is 34.1 Å². The highest BCUT2D eigenvalue weighted by atomic mass is 35.5. The molecule has 4 aromatic rings. The molecule has 2 heterocycles. The summed E-state index contributed by atoms with van der Waals surface area (Å²) in [6.07, 6.45) is 3.17. The zero-order valence-electron chi connectivity index (χ0n) is 17.6. The van der Waals surface area contributed by atoms with E-state index in [4.69, 9.17) is 11.6 Å². The molecule has 0 aliphatic heterocycles. The summed E-state index contributed by atoms with van der Waals surface area (Å²) in [6.45, 7) is 1.88. The number of carbonyl (C=O) groups is 1. The summed E-state index contributed by atoms with van der Waals surface area (Å²) < 4.78 is 25.1. The van der Waals surface area contributed by atoms with Gasteiger partial charge in [0.05, 0.1) is 17.3 Å². The molecule has 1 N–H and O–H groups in total. The van der Waals surface area contributed by atoms with Gasteiger partial charge in [0, 0.05) is 23.0 Å². The summed E-state index contributed by atoms with van der Waals surface area (Å²) in [5, 5.41) is 6.73. The second-order valence-corrected chi connectivity index (χ2v) is 8.90. The Morgan fingerprint density at radius 1 is 1.09 bits per heavy atom. The number of halogens is 1. The zero-order chi connectivity index (χ0) is 23.4. The maximum Gasteiger partial charge on any atom is 0.255 e. The molecule has 1 atom stereocenters. The van der Waals surface area contributed by atoms with E-state index >= 15 is 0 Å². The highest BCUT2D eigenvalue weighted by molar-refractivity contribution is 7.72. The normalized spacial score (nSPS) is 12.0. The Balaban J connectivity index is 1.50. The molecule has 168 valence electrons. The number of hydrogen-bond donors (Lipinski definition) is 2.